The second-order valence-corrected chi connectivity index (χ2v) is 11.1. The van der Waals surface area contributed by atoms with Gasteiger partial charge in [-0.1, -0.05) is 19.1 Å². The number of benzene rings is 1. The Hall–Kier alpha value is -2.79. The fraction of sp³-hybridized carbons (Fsp3) is 0.556. The number of rotatable bonds is 6. The van der Waals surface area contributed by atoms with Gasteiger partial charge in [0.05, 0.1) is 29.6 Å². The van der Waals surface area contributed by atoms with Crippen LogP contribution in [0.3, 0.4) is 0 Å². The number of aryl methyl sites for hydroxylation is 1. The predicted octanol–water partition coefficient (Wildman–Crippen LogP) is 2.05. The van der Waals surface area contributed by atoms with Crippen LogP contribution in [0.4, 0.5) is 4.39 Å². The first-order valence-electron chi connectivity index (χ1n) is 13.1. The van der Waals surface area contributed by atoms with Crippen LogP contribution in [0.15, 0.2) is 30.5 Å². The highest BCUT2D eigenvalue weighted by molar-refractivity contribution is 5.86. The van der Waals surface area contributed by atoms with E-state index in [1.54, 1.807) is 23.2 Å². The van der Waals surface area contributed by atoms with Crippen LogP contribution in [0.25, 0.3) is 5.57 Å². The van der Waals surface area contributed by atoms with Crippen LogP contribution in [-0.4, -0.2) is 67.9 Å². The first-order chi connectivity index (χ1) is 17.6. The molecule has 1 aromatic heterocycles. The van der Waals surface area contributed by atoms with E-state index in [0.717, 1.165) is 47.5 Å². The molecule has 6 atom stereocenters. The average Bonchev–Trinajstić information content (AvgIpc) is 3.62. The third kappa shape index (κ3) is 4.79. The monoisotopic (exact) mass is 512 g/mol. The minimum atomic E-state index is -1.30. The Labute approximate surface area is 216 Å². The fourth-order valence-corrected chi connectivity index (χ4v) is 5.98. The predicted molar refractivity (Wildman–Crippen MR) is 138 cm³/mol. The van der Waals surface area contributed by atoms with Crippen LogP contribution in [-0.2, 0) is 11.2 Å². The first kappa shape index (κ1) is 25.8. The molecular weight excluding hydrogens is 475 g/mol. The van der Waals surface area contributed by atoms with Crippen LogP contribution < -0.4 is 16.6 Å². The SMILES string of the molecule is CCc1cc(O)ccc1C1CCC2C(c3ncc(C4=CCN(C(=O)[C@@H](N)C(C)(C)O)C4)[nH]3)NNC2C1F. The zero-order valence-corrected chi connectivity index (χ0v) is 21.5. The van der Waals surface area contributed by atoms with Crippen molar-refractivity contribution in [2.45, 2.75) is 75.8 Å². The van der Waals surface area contributed by atoms with Crippen LogP contribution in [0.2, 0.25) is 0 Å². The molecule has 3 aliphatic rings. The van der Waals surface area contributed by atoms with E-state index in [-0.39, 0.29) is 35.6 Å². The molecule has 2 aromatic rings. The quantitative estimate of drug-likeness (QED) is 0.348. The normalized spacial score (nSPS) is 28.8. The maximum Gasteiger partial charge on any atom is 0.243 e. The number of halogens is 1. The number of aromatic hydroxyl groups is 1. The van der Waals surface area contributed by atoms with Crippen molar-refractivity contribution in [2.24, 2.45) is 11.7 Å². The lowest BCUT2D eigenvalue weighted by Crippen LogP contribution is -2.54. The highest BCUT2D eigenvalue weighted by atomic mass is 19.1. The van der Waals surface area contributed by atoms with E-state index in [4.69, 9.17) is 5.73 Å². The summed E-state index contributed by atoms with van der Waals surface area (Å²) in [6.45, 7) is 5.88. The standard InChI is InChI=1S/C27H37FN6O3/c1-4-14-11-16(35)5-6-17(14)18-7-8-19-22(21(18)28)32-33-23(19)25-30-12-20(31-25)15-9-10-34(13-15)26(36)24(29)27(2,3)37/h5-6,9,11-12,18-19,21-24,32-33,35,37H,4,7-8,10,13,29H2,1-3H3,(H,30,31)/t18?,19?,21?,22?,23?,24-/m1/s1. The van der Waals surface area contributed by atoms with E-state index in [2.05, 4.69) is 20.8 Å². The van der Waals surface area contributed by atoms with Crippen LogP contribution in [0, 0.1) is 5.92 Å². The molecule has 0 radical (unpaired) electrons. The lowest BCUT2D eigenvalue weighted by Gasteiger charge is -2.36. The molecule has 1 saturated heterocycles. The minimum absolute atomic E-state index is 0.0351. The number of hydrogen-bond acceptors (Lipinski definition) is 7. The summed E-state index contributed by atoms with van der Waals surface area (Å²) in [5.41, 5.74) is 14.8. The smallest absolute Gasteiger partial charge is 0.243 e. The van der Waals surface area contributed by atoms with Gasteiger partial charge in [0.15, 0.2) is 0 Å². The van der Waals surface area contributed by atoms with Crippen molar-refractivity contribution in [3.63, 3.8) is 0 Å². The zero-order valence-electron chi connectivity index (χ0n) is 21.5. The fourth-order valence-electron chi connectivity index (χ4n) is 5.98. The number of imidazole rings is 1. The number of fused-ring (bicyclic) bond motifs is 1. The number of aliphatic hydroxyl groups is 1. The van der Waals surface area contributed by atoms with E-state index >= 15 is 4.39 Å². The van der Waals surface area contributed by atoms with Crippen molar-refractivity contribution < 1.29 is 19.4 Å². The molecular formula is C27H37FN6O3. The van der Waals surface area contributed by atoms with E-state index in [1.165, 1.54) is 13.8 Å². The number of amides is 1. The van der Waals surface area contributed by atoms with Crippen LogP contribution in [0.5, 0.6) is 5.75 Å². The summed E-state index contributed by atoms with van der Waals surface area (Å²) in [4.78, 5) is 22.3. The number of hydrazine groups is 1. The number of phenolic OH excluding ortho intramolecular Hbond substituents is 1. The number of aromatic nitrogens is 2. The highest BCUT2D eigenvalue weighted by Gasteiger charge is 2.48. The number of hydrogen-bond donors (Lipinski definition) is 6. The summed E-state index contributed by atoms with van der Waals surface area (Å²) in [5.74, 6) is 0.461. The molecule has 5 unspecified atom stereocenters. The molecule has 1 aliphatic carbocycles. The summed E-state index contributed by atoms with van der Waals surface area (Å²) < 4.78 is 15.8. The minimum Gasteiger partial charge on any atom is -0.508 e. The Morgan fingerprint density at radius 1 is 1.32 bits per heavy atom. The van der Waals surface area contributed by atoms with Gasteiger partial charge in [-0.25, -0.2) is 14.8 Å². The Balaban J connectivity index is 1.26. The second kappa shape index (κ2) is 9.83. The molecule has 10 heteroatoms. The molecule has 1 saturated carbocycles. The molecule has 9 nitrogen and oxygen atoms in total. The van der Waals surface area contributed by atoms with Gasteiger partial charge in [-0.15, -0.1) is 0 Å². The molecule has 2 fully saturated rings. The number of alkyl halides is 1. The first-order valence-corrected chi connectivity index (χ1v) is 13.1. The molecule has 1 aromatic carbocycles. The van der Waals surface area contributed by atoms with Crippen LogP contribution in [0.1, 0.15) is 68.2 Å². The summed E-state index contributed by atoms with van der Waals surface area (Å²) >= 11 is 0. The van der Waals surface area contributed by atoms with Gasteiger partial charge in [0.2, 0.25) is 5.91 Å². The summed E-state index contributed by atoms with van der Waals surface area (Å²) in [5, 5.41) is 20.0. The topological polar surface area (TPSA) is 140 Å². The van der Waals surface area contributed by atoms with Gasteiger partial charge < -0.3 is 25.8 Å². The number of aromatic amines is 1. The number of H-pyrrole nitrogens is 1. The largest absolute Gasteiger partial charge is 0.508 e. The Morgan fingerprint density at radius 3 is 2.84 bits per heavy atom. The number of carbonyl (C=O) groups excluding carboxylic acids is 1. The van der Waals surface area contributed by atoms with E-state index in [0.29, 0.717) is 13.1 Å². The molecule has 0 bridgehead atoms. The second-order valence-electron chi connectivity index (χ2n) is 11.1. The van der Waals surface area contributed by atoms with Crippen molar-refractivity contribution in [1.29, 1.82) is 0 Å². The average molecular weight is 513 g/mol. The lowest BCUT2D eigenvalue weighted by molar-refractivity contribution is -0.136. The Bertz CT molecular complexity index is 1190. The van der Waals surface area contributed by atoms with Gasteiger partial charge >= 0.3 is 0 Å². The molecule has 0 spiro atoms. The molecule has 7 N–H and O–H groups in total. The van der Waals surface area contributed by atoms with Crippen molar-refractivity contribution >= 4 is 11.5 Å². The molecule has 3 heterocycles. The van der Waals surface area contributed by atoms with Gasteiger partial charge in [-0.3, -0.25) is 10.2 Å². The van der Waals surface area contributed by atoms with E-state index in [9.17, 15) is 15.0 Å². The number of phenols is 1. The van der Waals surface area contributed by atoms with Crippen molar-refractivity contribution in [3.8, 4) is 5.75 Å². The Morgan fingerprint density at radius 2 is 2.11 bits per heavy atom. The maximum absolute atomic E-state index is 15.8. The van der Waals surface area contributed by atoms with Gasteiger partial charge in [0.1, 0.15) is 23.8 Å². The molecule has 1 amide bonds. The number of nitrogens with one attached hydrogen (secondary N) is 3. The maximum atomic E-state index is 15.8. The molecule has 37 heavy (non-hydrogen) atoms. The third-order valence-electron chi connectivity index (χ3n) is 8.23. The molecule has 5 rings (SSSR count). The number of nitrogens with zero attached hydrogens (tertiary/aromatic N) is 2. The summed E-state index contributed by atoms with van der Waals surface area (Å²) in [7, 11) is 0. The van der Waals surface area contributed by atoms with Crippen molar-refractivity contribution in [1.82, 2.24) is 25.7 Å². The van der Waals surface area contributed by atoms with Gasteiger partial charge in [-0.05, 0) is 61.9 Å². The highest BCUT2D eigenvalue weighted by Crippen LogP contribution is 2.45. The molecule has 2 aliphatic heterocycles. The molecule has 200 valence electrons. The number of nitrogens with two attached hydrogens (primary N) is 1. The van der Waals surface area contributed by atoms with Crippen molar-refractivity contribution in [2.75, 3.05) is 13.1 Å². The number of carbonyl (C=O) groups is 1. The Kier molecular flexibility index (Phi) is 6.86. The van der Waals surface area contributed by atoms with E-state index < -0.39 is 17.8 Å². The zero-order chi connectivity index (χ0) is 26.5. The van der Waals surface area contributed by atoms with Crippen LogP contribution >= 0.6 is 0 Å². The van der Waals surface area contributed by atoms with E-state index in [1.807, 2.05) is 19.1 Å². The summed E-state index contributed by atoms with van der Waals surface area (Å²) in [6.07, 6.45) is 4.94. The van der Waals surface area contributed by atoms with Gasteiger partial charge in [-0.2, -0.15) is 0 Å². The van der Waals surface area contributed by atoms with Gasteiger partial charge in [0, 0.05) is 24.9 Å². The third-order valence-corrected chi connectivity index (χ3v) is 8.23. The lowest BCUT2D eigenvalue weighted by atomic mass is 9.71. The van der Waals surface area contributed by atoms with Crippen molar-refractivity contribution in [3.05, 3.63) is 53.1 Å². The summed E-state index contributed by atoms with van der Waals surface area (Å²) in [6, 6.07) is 3.74. The van der Waals surface area contributed by atoms with Gasteiger partial charge in [0.25, 0.3) is 0 Å².